The summed E-state index contributed by atoms with van der Waals surface area (Å²) in [6.07, 6.45) is 0.825. The molecule has 1 amide bonds. The molecular weight excluding hydrogens is 338 g/mol. The molecule has 0 atom stereocenters. The molecule has 0 radical (unpaired) electrons. The fourth-order valence-electron chi connectivity index (χ4n) is 4.00. The molecule has 0 N–H and O–H groups in total. The van der Waals surface area contributed by atoms with Crippen LogP contribution in [0.2, 0.25) is 0 Å². The lowest BCUT2D eigenvalue weighted by molar-refractivity contribution is -0.116. The molecule has 0 spiro atoms. The molecule has 0 aliphatic carbocycles. The van der Waals surface area contributed by atoms with E-state index >= 15 is 0 Å². The van der Waals surface area contributed by atoms with Crippen molar-refractivity contribution in [3.05, 3.63) is 59.7 Å². The maximum Gasteiger partial charge on any atom is 0.223 e. The van der Waals surface area contributed by atoms with E-state index in [9.17, 15) is 9.59 Å². The number of rotatable bonds is 4. The molecule has 140 valence electrons. The number of Topliss-reactive ketones (excluding diaryl/α,β-unsaturated/α-hetero) is 1. The molecule has 2 heterocycles. The molecular formula is C22H25N3O2. The number of carbonyl (C=O) groups is 2. The predicted octanol–water partition coefficient (Wildman–Crippen LogP) is 2.60. The van der Waals surface area contributed by atoms with Crippen molar-refractivity contribution in [1.82, 2.24) is 4.90 Å². The number of nitrogens with zero attached hydrogens (tertiary/aromatic N) is 3. The van der Waals surface area contributed by atoms with Gasteiger partial charge in [-0.2, -0.15) is 0 Å². The summed E-state index contributed by atoms with van der Waals surface area (Å²) in [5.74, 6) is 0.219. The van der Waals surface area contributed by atoms with Crippen LogP contribution in [0.25, 0.3) is 0 Å². The lowest BCUT2D eigenvalue weighted by Gasteiger charge is -2.35. The SMILES string of the molecule is CC(=O)N1CCc2cc(C(=O)CN3CCN(c4ccccc4)CC3)ccc21. The van der Waals surface area contributed by atoms with Gasteiger partial charge >= 0.3 is 0 Å². The number of fused-ring (bicyclic) bond motifs is 1. The number of carbonyl (C=O) groups excluding carboxylic acids is 2. The average molecular weight is 363 g/mol. The van der Waals surface area contributed by atoms with E-state index in [1.807, 2.05) is 24.3 Å². The second-order valence-corrected chi connectivity index (χ2v) is 7.29. The third kappa shape index (κ3) is 3.74. The Morgan fingerprint density at radius 1 is 0.926 bits per heavy atom. The minimum absolute atomic E-state index is 0.0594. The zero-order valence-electron chi connectivity index (χ0n) is 15.7. The van der Waals surface area contributed by atoms with Crippen LogP contribution in [-0.4, -0.2) is 55.9 Å². The van der Waals surface area contributed by atoms with Gasteiger partial charge in [0.2, 0.25) is 5.91 Å². The van der Waals surface area contributed by atoms with Gasteiger partial charge in [-0.05, 0) is 42.3 Å². The molecule has 0 aromatic heterocycles. The number of benzene rings is 2. The first-order valence-corrected chi connectivity index (χ1v) is 9.58. The Bertz CT molecular complexity index is 842. The summed E-state index contributed by atoms with van der Waals surface area (Å²) in [4.78, 5) is 30.8. The van der Waals surface area contributed by atoms with Crippen LogP contribution in [0.5, 0.6) is 0 Å². The minimum atomic E-state index is 0.0594. The number of piperazine rings is 1. The Labute approximate surface area is 160 Å². The molecule has 27 heavy (non-hydrogen) atoms. The van der Waals surface area contributed by atoms with E-state index in [2.05, 4.69) is 34.1 Å². The largest absolute Gasteiger partial charge is 0.369 e. The zero-order valence-corrected chi connectivity index (χ0v) is 15.7. The Hall–Kier alpha value is -2.66. The predicted molar refractivity (Wildman–Crippen MR) is 108 cm³/mol. The van der Waals surface area contributed by atoms with Crippen molar-refractivity contribution in [3.63, 3.8) is 0 Å². The Balaban J connectivity index is 1.36. The van der Waals surface area contributed by atoms with Crippen molar-refractivity contribution in [2.24, 2.45) is 0 Å². The molecule has 1 saturated heterocycles. The first kappa shape index (κ1) is 17.7. The number of hydrogen-bond acceptors (Lipinski definition) is 4. The monoisotopic (exact) mass is 363 g/mol. The van der Waals surface area contributed by atoms with E-state index in [0.29, 0.717) is 13.1 Å². The Morgan fingerprint density at radius 2 is 1.67 bits per heavy atom. The summed E-state index contributed by atoms with van der Waals surface area (Å²) in [7, 11) is 0. The topological polar surface area (TPSA) is 43.9 Å². The maximum absolute atomic E-state index is 12.7. The summed E-state index contributed by atoms with van der Waals surface area (Å²) in [5.41, 5.74) is 4.06. The average Bonchev–Trinajstić information content (AvgIpc) is 3.13. The molecule has 2 aromatic rings. The lowest BCUT2D eigenvalue weighted by atomic mass is 10.0. The van der Waals surface area contributed by atoms with Gasteiger partial charge in [0.25, 0.3) is 0 Å². The van der Waals surface area contributed by atoms with Crippen LogP contribution >= 0.6 is 0 Å². The molecule has 2 aliphatic rings. The first-order chi connectivity index (χ1) is 13.1. The molecule has 1 fully saturated rings. The van der Waals surface area contributed by atoms with E-state index in [1.165, 1.54) is 5.69 Å². The summed E-state index contributed by atoms with van der Waals surface area (Å²) < 4.78 is 0. The smallest absolute Gasteiger partial charge is 0.223 e. The summed E-state index contributed by atoms with van der Waals surface area (Å²) in [5, 5.41) is 0. The van der Waals surface area contributed by atoms with Gasteiger partial charge in [-0.15, -0.1) is 0 Å². The van der Waals surface area contributed by atoms with Crippen molar-refractivity contribution in [1.29, 1.82) is 0 Å². The standard InChI is InChI=1S/C22H25N3O2/c1-17(26)25-10-9-18-15-19(7-8-21(18)25)22(27)16-23-11-13-24(14-12-23)20-5-3-2-4-6-20/h2-8,15H,9-14,16H2,1H3. The van der Waals surface area contributed by atoms with E-state index in [0.717, 1.165) is 49.4 Å². The molecule has 0 bridgehead atoms. The van der Waals surface area contributed by atoms with Crippen LogP contribution in [0, 0.1) is 0 Å². The fraction of sp³-hybridized carbons (Fsp3) is 0.364. The maximum atomic E-state index is 12.7. The third-order valence-corrected chi connectivity index (χ3v) is 5.54. The minimum Gasteiger partial charge on any atom is -0.369 e. The Morgan fingerprint density at radius 3 is 2.37 bits per heavy atom. The Kier molecular flexibility index (Phi) is 4.94. The third-order valence-electron chi connectivity index (χ3n) is 5.54. The van der Waals surface area contributed by atoms with Crippen LogP contribution in [0.3, 0.4) is 0 Å². The summed E-state index contributed by atoms with van der Waals surface area (Å²) in [6.45, 7) is 6.42. The van der Waals surface area contributed by atoms with Gasteiger partial charge < -0.3 is 9.80 Å². The van der Waals surface area contributed by atoms with Crippen LogP contribution in [0.4, 0.5) is 11.4 Å². The van der Waals surface area contributed by atoms with Gasteiger partial charge in [-0.3, -0.25) is 14.5 Å². The molecule has 5 nitrogen and oxygen atoms in total. The zero-order chi connectivity index (χ0) is 18.8. The quantitative estimate of drug-likeness (QED) is 0.784. The molecule has 2 aromatic carbocycles. The normalized spacial score (nSPS) is 17.1. The number of amides is 1. The van der Waals surface area contributed by atoms with Crippen LogP contribution in [0.1, 0.15) is 22.8 Å². The lowest BCUT2D eigenvalue weighted by Crippen LogP contribution is -2.48. The van der Waals surface area contributed by atoms with E-state index in [1.54, 1.807) is 11.8 Å². The molecule has 0 saturated carbocycles. The number of ketones is 1. The van der Waals surface area contributed by atoms with Crippen LogP contribution in [0.15, 0.2) is 48.5 Å². The second-order valence-electron chi connectivity index (χ2n) is 7.29. The van der Waals surface area contributed by atoms with Crippen molar-refractivity contribution >= 4 is 23.1 Å². The van der Waals surface area contributed by atoms with E-state index in [4.69, 9.17) is 0 Å². The van der Waals surface area contributed by atoms with E-state index in [-0.39, 0.29) is 11.7 Å². The highest BCUT2D eigenvalue weighted by molar-refractivity contribution is 6.00. The van der Waals surface area contributed by atoms with Gasteiger partial charge in [0.05, 0.1) is 6.54 Å². The van der Waals surface area contributed by atoms with Crippen molar-refractivity contribution in [2.45, 2.75) is 13.3 Å². The van der Waals surface area contributed by atoms with Crippen LogP contribution in [-0.2, 0) is 11.2 Å². The number of para-hydroxylation sites is 1. The highest BCUT2D eigenvalue weighted by Gasteiger charge is 2.24. The van der Waals surface area contributed by atoms with Gasteiger partial charge in [0.1, 0.15) is 0 Å². The van der Waals surface area contributed by atoms with Gasteiger partial charge in [0.15, 0.2) is 5.78 Å². The van der Waals surface area contributed by atoms with Crippen molar-refractivity contribution in [2.75, 3.05) is 49.1 Å². The molecule has 2 aliphatic heterocycles. The van der Waals surface area contributed by atoms with Crippen LogP contribution < -0.4 is 9.80 Å². The highest BCUT2D eigenvalue weighted by Crippen LogP contribution is 2.29. The van der Waals surface area contributed by atoms with E-state index < -0.39 is 0 Å². The molecule has 4 rings (SSSR count). The number of hydrogen-bond donors (Lipinski definition) is 0. The fourth-order valence-corrected chi connectivity index (χ4v) is 4.00. The van der Waals surface area contributed by atoms with Crippen molar-refractivity contribution < 1.29 is 9.59 Å². The molecule has 0 unspecified atom stereocenters. The first-order valence-electron chi connectivity index (χ1n) is 9.58. The van der Waals surface area contributed by atoms with Gasteiger partial charge in [-0.25, -0.2) is 0 Å². The molecule has 5 heteroatoms. The van der Waals surface area contributed by atoms with Gasteiger partial charge in [-0.1, -0.05) is 18.2 Å². The highest BCUT2D eigenvalue weighted by atomic mass is 16.2. The number of anilines is 2. The summed E-state index contributed by atoms with van der Waals surface area (Å²) >= 11 is 0. The second kappa shape index (κ2) is 7.53. The summed E-state index contributed by atoms with van der Waals surface area (Å²) in [6, 6.07) is 16.2. The van der Waals surface area contributed by atoms with Crippen molar-refractivity contribution in [3.8, 4) is 0 Å². The van der Waals surface area contributed by atoms with Gasteiger partial charge in [0, 0.05) is 56.6 Å².